The Bertz CT molecular complexity index is 640. The Balaban J connectivity index is 2.47. The average Bonchev–Trinajstić information content (AvgIpc) is 2.80. The molecule has 12 heteroatoms. The van der Waals surface area contributed by atoms with Gasteiger partial charge in [-0.05, 0) is 12.8 Å². The van der Waals surface area contributed by atoms with Crippen LogP contribution in [0.25, 0.3) is 0 Å². The van der Waals surface area contributed by atoms with Crippen molar-refractivity contribution in [3.8, 4) is 0 Å². The molecular formula is C16H26N4O8. The lowest BCUT2D eigenvalue weighted by molar-refractivity contribution is -0.163. The molecule has 0 spiro atoms. The van der Waals surface area contributed by atoms with E-state index < -0.39 is 48.0 Å². The van der Waals surface area contributed by atoms with E-state index in [1.165, 1.54) is 6.92 Å². The average molecular weight is 402 g/mol. The summed E-state index contributed by atoms with van der Waals surface area (Å²) in [5, 5.41) is 32.3. The van der Waals surface area contributed by atoms with Crippen molar-refractivity contribution in [2.75, 3.05) is 26.2 Å². The fourth-order valence-electron chi connectivity index (χ4n) is 2.63. The van der Waals surface area contributed by atoms with Crippen molar-refractivity contribution in [1.82, 2.24) is 20.3 Å². The summed E-state index contributed by atoms with van der Waals surface area (Å²) < 4.78 is 0. The monoisotopic (exact) mass is 402 g/mol. The van der Waals surface area contributed by atoms with E-state index in [1.54, 1.807) is 0 Å². The predicted molar refractivity (Wildman–Crippen MR) is 91.5 cm³/mol. The molecule has 0 radical (unpaired) electrons. The SMILES string of the molecule is CC(=O)N(O)CCCNC(=O)C[C@]1(O)CC(=O)N(CCCN(O)C(C)=O)C1=O. The van der Waals surface area contributed by atoms with E-state index in [2.05, 4.69) is 5.32 Å². The summed E-state index contributed by atoms with van der Waals surface area (Å²) in [6.07, 6.45) is -0.774. The van der Waals surface area contributed by atoms with E-state index in [0.29, 0.717) is 10.1 Å². The molecule has 5 amide bonds. The summed E-state index contributed by atoms with van der Waals surface area (Å²) in [4.78, 5) is 58.8. The Labute approximate surface area is 161 Å². The highest BCUT2D eigenvalue weighted by Crippen LogP contribution is 2.27. The van der Waals surface area contributed by atoms with Gasteiger partial charge in [-0.15, -0.1) is 0 Å². The maximum Gasteiger partial charge on any atom is 0.262 e. The minimum atomic E-state index is -2.15. The number of hydrogen-bond donors (Lipinski definition) is 4. The lowest BCUT2D eigenvalue weighted by Crippen LogP contribution is -2.45. The van der Waals surface area contributed by atoms with Gasteiger partial charge in [0.2, 0.25) is 23.6 Å². The summed E-state index contributed by atoms with van der Waals surface area (Å²) in [6, 6.07) is 0. The van der Waals surface area contributed by atoms with Gasteiger partial charge in [0.05, 0.1) is 25.9 Å². The molecule has 4 N–H and O–H groups in total. The summed E-state index contributed by atoms with van der Waals surface area (Å²) in [6.45, 7) is 2.24. The number of nitrogens with one attached hydrogen (secondary N) is 1. The Morgan fingerprint density at radius 1 is 1.07 bits per heavy atom. The maximum atomic E-state index is 12.3. The van der Waals surface area contributed by atoms with E-state index >= 15 is 0 Å². The van der Waals surface area contributed by atoms with Crippen LogP contribution in [0.3, 0.4) is 0 Å². The van der Waals surface area contributed by atoms with Crippen LogP contribution in [0, 0.1) is 0 Å². The van der Waals surface area contributed by atoms with E-state index in [0.717, 1.165) is 11.8 Å². The molecule has 1 saturated heterocycles. The molecule has 0 bridgehead atoms. The van der Waals surface area contributed by atoms with Crippen molar-refractivity contribution in [3.63, 3.8) is 0 Å². The molecule has 0 aromatic carbocycles. The minimum absolute atomic E-state index is 0.00716. The van der Waals surface area contributed by atoms with Gasteiger partial charge in [-0.1, -0.05) is 0 Å². The summed E-state index contributed by atoms with van der Waals surface area (Å²) >= 11 is 0. The molecule has 1 fully saturated rings. The first-order chi connectivity index (χ1) is 13.0. The number of carbonyl (C=O) groups is 5. The zero-order chi connectivity index (χ0) is 21.5. The van der Waals surface area contributed by atoms with Crippen LogP contribution in [0.1, 0.15) is 39.5 Å². The third-order valence-corrected chi connectivity index (χ3v) is 4.19. The number of imide groups is 1. The fourth-order valence-corrected chi connectivity index (χ4v) is 2.63. The van der Waals surface area contributed by atoms with Crippen LogP contribution in [-0.2, 0) is 24.0 Å². The number of carbonyl (C=O) groups excluding carboxylic acids is 5. The quantitative estimate of drug-likeness (QED) is 0.144. The van der Waals surface area contributed by atoms with Crippen LogP contribution in [0.2, 0.25) is 0 Å². The second kappa shape index (κ2) is 10.1. The first kappa shape index (κ1) is 23.5. The molecule has 12 nitrogen and oxygen atoms in total. The minimum Gasteiger partial charge on any atom is -0.379 e. The van der Waals surface area contributed by atoms with E-state index in [4.69, 9.17) is 0 Å². The van der Waals surface area contributed by atoms with Gasteiger partial charge < -0.3 is 10.4 Å². The van der Waals surface area contributed by atoms with Crippen LogP contribution in [0.5, 0.6) is 0 Å². The number of hydrogen-bond acceptors (Lipinski definition) is 8. The molecule has 0 aromatic heterocycles. The molecule has 1 aliphatic heterocycles. The van der Waals surface area contributed by atoms with Crippen molar-refractivity contribution in [2.24, 2.45) is 0 Å². The van der Waals surface area contributed by atoms with Gasteiger partial charge in [0.1, 0.15) is 0 Å². The van der Waals surface area contributed by atoms with Crippen molar-refractivity contribution < 1.29 is 39.5 Å². The topological polar surface area (TPSA) is 168 Å². The second-order valence-electron chi connectivity index (χ2n) is 6.58. The van der Waals surface area contributed by atoms with E-state index in [9.17, 15) is 39.5 Å². The van der Waals surface area contributed by atoms with E-state index in [1.807, 2.05) is 0 Å². The molecule has 1 atom stereocenters. The maximum absolute atomic E-state index is 12.3. The Morgan fingerprint density at radius 2 is 1.61 bits per heavy atom. The fraction of sp³-hybridized carbons (Fsp3) is 0.688. The molecule has 158 valence electrons. The highest BCUT2D eigenvalue weighted by atomic mass is 16.5. The largest absolute Gasteiger partial charge is 0.379 e. The predicted octanol–water partition coefficient (Wildman–Crippen LogP) is -1.76. The third kappa shape index (κ3) is 6.55. The van der Waals surface area contributed by atoms with Crippen molar-refractivity contribution in [2.45, 2.75) is 45.1 Å². The summed E-state index contributed by atoms with van der Waals surface area (Å²) in [5.74, 6) is -3.33. The Hall–Kier alpha value is -2.57. The highest BCUT2D eigenvalue weighted by molar-refractivity contribution is 6.09. The molecule has 0 unspecified atom stereocenters. The van der Waals surface area contributed by atoms with Gasteiger partial charge in [0.15, 0.2) is 5.60 Å². The normalized spacial score (nSPS) is 19.0. The number of amides is 5. The smallest absolute Gasteiger partial charge is 0.262 e. The van der Waals surface area contributed by atoms with Crippen LogP contribution in [0.4, 0.5) is 0 Å². The van der Waals surface area contributed by atoms with Crippen molar-refractivity contribution in [1.29, 1.82) is 0 Å². The summed E-state index contributed by atoms with van der Waals surface area (Å²) in [7, 11) is 0. The van der Waals surface area contributed by atoms with Crippen LogP contribution in [0.15, 0.2) is 0 Å². The van der Waals surface area contributed by atoms with Gasteiger partial charge in [-0.25, -0.2) is 10.1 Å². The van der Waals surface area contributed by atoms with Crippen LogP contribution < -0.4 is 5.32 Å². The lowest BCUT2D eigenvalue weighted by Gasteiger charge is -2.21. The number of nitrogens with zero attached hydrogens (tertiary/aromatic N) is 3. The zero-order valence-electron chi connectivity index (χ0n) is 15.9. The Kier molecular flexibility index (Phi) is 8.47. The number of rotatable bonds is 10. The number of aliphatic hydroxyl groups is 1. The first-order valence-corrected chi connectivity index (χ1v) is 8.76. The van der Waals surface area contributed by atoms with Crippen molar-refractivity contribution >= 4 is 29.5 Å². The highest BCUT2D eigenvalue weighted by Gasteiger charge is 2.51. The second-order valence-corrected chi connectivity index (χ2v) is 6.58. The van der Waals surface area contributed by atoms with Crippen LogP contribution in [-0.4, -0.2) is 91.9 Å². The molecule has 28 heavy (non-hydrogen) atoms. The molecule has 1 heterocycles. The molecule has 0 saturated carbocycles. The Morgan fingerprint density at radius 3 is 2.14 bits per heavy atom. The molecule has 1 rings (SSSR count). The van der Waals surface area contributed by atoms with Gasteiger partial charge >= 0.3 is 0 Å². The van der Waals surface area contributed by atoms with Crippen molar-refractivity contribution in [3.05, 3.63) is 0 Å². The molecule has 0 aliphatic carbocycles. The first-order valence-electron chi connectivity index (χ1n) is 8.76. The third-order valence-electron chi connectivity index (χ3n) is 4.19. The zero-order valence-corrected chi connectivity index (χ0v) is 15.9. The molecule has 0 aromatic rings. The van der Waals surface area contributed by atoms with Gasteiger partial charge in [-0.2, -0.15) is 0 Å². The van der Waals surface area contributed by atoms with Gasteiger partial charge in [-0.3, -0.25) is 39.3 Å². The van der Waals surface area contributed by atoms with E-state index in [-0.39, 0.29) is 39.0 Å². The van der Waals surface area contributed by atoms with Gasteiger partial charge in [0.25, 0.3) is 5.91 Å². The lowest BCUT2D eigenvalue weighted by atomic mass is 9.97. The molecule has 1 aliphatic rings. The summed E-state index contributed by atoms with van der Waals surface area (Å²) in [5.41, 5.74) is -2.15. The van der Waals surface area contributed by atoms with Crippen LogP contribution >= 0.6 is 0 Å². The number of hydroxylamine groups is 4. The van der Waals surface area contributed by atoms with Gasteiger partial charge in [0, 0.05) is 26.9 Å². The number of likely N-dealkylation sites (tertiary alicyclic amines) is 1. The molecular weight excluding hydrogens is 376 g/mol. The standard InChI is InChI=1S/C16H26N4O8/c1-11(21)19(27)7-3-5-17-13(23)9-16(26)10-14(24)18(15(16)25)6-4-8-20(28)12(2)22/h26-28H,3-10H2,1-2H3,(H,17,23)/t16-/m0/s1.